The lowest BCUT2D eigenvalue weighted by atomic mass is 9.93. The van der Waals surface area contributed by atoms with Crippen LogP contribution in [0.15, 0.2) is 28.0 Å². The molecule has 2 aliphatic rings. The van der Waals surface area contributed by atoms with Crippen molar-refractivity contribution >= 4 is 33.2 Å². The van der Waals surface area contributed by atoms with E-state index in [0.29, 0.717) is 25.2 Å². The number of halogens is 2. The Labute approximate surface area is 173 Å². The van der Waals surface area contributed by atoms with Gasteiger partial charge in [0.25, 0.3) is 0 Å². The highest BCUT2D eigenvalue weighted by Gasteiger charge is 2.41. The van der Waals surface area contributed by atoms with Crippen molar-refractivity contribution in [3.8, 4) is 0 Å². The molecule has 156 valence electrons. The number of aryl methyl sites for hydroxylation is 1. The molecule has 4 rings (SSSR count). The van der Waals surface area contributed by atoms with Gasteiger partial charge in [-0.3, -0.25) is 0 Å². The van der Waals surface area contributed by atoms with E-state index in [-0.39, 0.29) is 26.5 Å². The van der Waals surface area contributed by atoms with Crippen molar-refractivity contribution in [1.29, 1.82) is 0 Å². The maximum absolute atomic E-state index is 13.5. The van der Waals surface area contributed by atoms with Crippen LogP contribution < -0.4 is 4.90 Å². The zero-order valence-electron chi connectivity index (χ0n) is 15.8. The average molecular weight is 442 g/mol. The van der Waals surface area contributed by atoms with Crippen LogP contribution >= 0.6 is 11.6 Å². The molecule has 0 bridgehead atoms. The zero-order valence-corrected chi connectivity index (χ0v) is 17.4. The molecule has 0 radical (unpaired) electrons. The third-order valence-electron chi connectivity index (χ3n) is 5.69. The van der Waals surface area contributed by atoms with Crippen molar-refractivity contribution in [1.82, 2.24) is 9.78 Å². The minimum absolute atomic E-state index is 0.0337. The summed E-state index contributed by atoms with van der Waals surface area (Å²) in [7, 11) is -4.15. The maximum atomic E-state index is 13.5. The Balaban J connectivity index is 1.93. The standard InChI is InChI=1S/C19H21ClFN3O4S/c1-11-17(29(27,28)16-8-7-12(21)10-14(16)20)18(24(22-11)13-4-2-5-13)23-9-3-6-15(23)19(25)26/h7-8,10,13,15H,2-6,9H2,1H3,(H,25,26). The summed E-state index contributed by atoms with van der Waals surface area (Å²) in [4.78, 5) is 13.2. The normalized spacial score (nSPS) is 20.1. The van der Waals surface area contributed by atoms with E-state index in [9.17, 15) is 22.7 Å². The summed E-state index contributed by atoms with van der Waals surface area (Å²) in [5, 5.41) is 13.9. The number of carboxylic acids is 1. The molecule has 1 saturated carbocycles. The first-order valence-electron chi connectivity index (χ1n) is 9.50. The number of sulfone groups is 1. The number of nitrogens with zero attached hydrogens (tertiary/aromatic N) is 3. The Morgan fingerprint density at radius 1 is 1.28 bits per heavy atom. The first kappa shape index (κ1) is 20.2. The molecule has 2 heterocycles. The molecule has 0 amide bonds. The minimum atomic E-state index is -4.15. The lowest BCUT2D eigenvalue weighted by molar-refractivity contribution is -0.138. The first-order valence-corrected chi connectivity index (χ1v) is 11.4. The Bertz CT molecular complexity index is 1080. The number of anilines is 1. The van der Waals surface area contributed by atoms with Gasteiger partial charge in [0.15, 0.2) is 0 Å². The maximum Gasteiger partial charge on any atom is 0.326 e. The van der Waals surface area contributed by atoms with Crippen LogP contribution in [-0.4, -0.2) is 41.9 Å². The fourth-order valence-electron chi connectivity index (χ4n) is 4.06. The Kier molecular flexibility index (Phi) is 5.06. The topological polar surface area (TPSA) is 92.5 Å². The molecule has 2 aromatic rings. The highest BCUT2D eigenvalue weighted by Crippen LogP contribution is 2.43. The summed E-state index contributed by atoms with van der Waals surface area (Å²) in [5.74, 6) is -1.33. The molecule has 1 aliphatic carbocycles. The van der Waals surface area contributed by atoms with Gasteiger partial charge in [-0.15, -0.1) is 0 Å². The predicted molar refractivity (Wildman–Crippen MR) is 105 cm³/mol. The van der Waals surface area contributed by atoms with Crippen LogP contribution in [-0.2, 0) is 14.6 Å². The molecule has 1 unspecified atom stereocenters. The number of rotatable bonds is 5. The van der Waals surface area contributed by atoms with Crippen LogP contribution in [0.4, 0.5) is 10.2 Å². The SMILES string of the molecule is Cc1nn(C2CCC2)c(N2CCCC2C(=O)O)c1S(=O)(=O)c1ccc(F)cc1Cl. The number of benzene rings is 1. The first-order chi connectivity index (χ1) is 13.7. The second kappa shape index (κ2) is 7.28. The van der Waals surface area contributed by atoms with Gasteiger partial charge < -0.3 is 10.0 Å². The highest BCUT2D eigenvalue weighted by molar-refractivity contribution is 7.91. The molecule has 1 aromatic carbocycles. The van der Waals surface area contributed by atoms with E-state index in [1.54, 1.807) is 16.5 Å². The van der Waals surface area contributed by atoms with E-state index in [4.69, 9.17) is 11.6 Å². The second-order valence-electron chi connectivity index (χ2n) is 7.54. The van der Waals surface area contributed by atoms with E-state index in [0.717, 1.165) is 37.5 Å². The van der Waals surface area contributed by atoms with E-state index in [1.807, 2.05) is 0 Å². The van der Waals surface area contributed by atoms with Crippen LogP contribution in [0.1, 0.15) is 43.8 Å². The van der Waals surface area contributed by atoms with Crippen molar-refractivity contribution in [2.24, 2.45) is 0 Å². The molecule has 29 heavy (non-hydrogen) atoms. The molecule has 1 saturated heterocycles. The van der Waals surface area contributed by atoms with Crippen molar-refractivity contribution < 1.29 is 22.7 Å². The number of aliphatic carboxylic acids is 1. The van der Waals surface area contributed by atoms with Crippen LogP contribution in [0.3, 0.4) is 0 Å². The third kappa shape index (κ3) is 3.30. The summed E-state index contributed by atoms with van der Waals surface area (Å²) in [6, 6.07) is 2.35. The van der Waals surface area contributed by atoms with Gasteiger partial charge in [-0.2, -0.15) is 5.10 Å². The number of carboxylic acid groups (broad SMARTS) is 1. The number of hydrogen-bond donors (Lipinski definition) is 1. The quantitative estimate of drug-likeness (QED) is 0.713. The molecule has 1 N–H and O–H groups in total. The van der Waals surface area contributed by atoms with Gasteiger partial charge >= 0.3 is 5.97 Å². The van der Waals surface area contributed by atoms with Crippen molar-refractivity contribution in [3.05, 3.63) is 34.7 Å². The van der Waals surface area contributed by atoms with Crippen LogP contribution in [0.2, 0.25) is 5.02 Å². The molecular weight excluding hydrogens is 421 g/mol. The van der Waals surface area contributed by atoms with E-state index >= 15 is 0 Å². The number of carbonyl (C=O) groups is 1. The van der Waals surface area contributed by atoms with Gasteiger partial charge in [-0.1, -0.05) is 11.6 Å². The van der Waals surface area contributed by atoms with Crippen molar-refractivity contribution in [2.75, 3.05) is 11.4 Å². The largest absolute Gasteiger partial charge is 0.480 e. The second-order valence-corrected chi connectivity index (χ2v) is 9.80. The van der Waals surface area contributed by atoms with Gasteiger partial charge in [-0.05, 0) is 57.2 Å². The summed E-state index contributed by atoms with van der Waals surface area (Å²) in [6.45, 7) is 2.02. The van der Waals surface area contributed by atoms with Gasteiger partial charge in [0.2, 0.25) is 9.84 Å². The van der Waals surface area contributed by atoms with Gasteiger partial charge in [0.1, 0.15) is 22.6 Å². The zero-order chi connectivity index (χ0) is 20.9. The number of aromatic nitrogens is 2. The Morgan fingerprint density at radius 2 is 2.00 bits per heavy atom. The van der Waals surface area contributed by atoms with Gasteiger partial charge in [0.05, 0.1) is 21.7 Å². The fourth-order valence-corrected chi connectivity index (χ4v) is 6.20. The molecule has 1 aliphatic heterocycles. The Hall–Kier alpha value is -2.13. The van der Waals surface area contributed by atoms with Gasteiger partial charge in [-0.25, -0.2) is 22.3 Å². The molecule has 2 fully saturated rings. The smallest absolute Gasteiger partial charge is 0.326 e. The van der Waals surface area contributed by atoms with Crippen LogP contribution in [0.25, 0.3) is 0 Å². The van der Waals surface area contributed by atoms with Crippen molar-refractivity contribution in [3.63, 3.8) is 0 Å². The molecule has 10 heteroatoms. The molecule has 1 aromatic heterocycles. The molecule has 7 nitrogen and oxygen atoms in total. The lowest BCUT2D eigenvalue weighted by Gasteiger charge is -2.32. The lowest BCUT2D eigenvalue weighted by Crippen LogP contribution is -2.39. The summed E-state index contributed by atoms with van der Waals surface area (Å²) in [5.41, 5.74) is 0.281. The average Bonchev–Trinajstić information content (AvgIpc) is 3.17. The van der Waals surface area contributed by atoms with E-state index in [1.165, 1.54) is 0 Å². The van der Waals surface area contributed by atoms with Crippen molar-refractivity contribution in [2.45, 2.75) is 60.9 Å². The molecule has 1 atom stereocenters. The minimum Gasteiger partial charge on any atom is -0.480 e. The van der Waals surface area contributed by atoms with E-state index in [2.05, 4.69) is 5.10 Å². The van der Waals surface area contributed by atoms with Gasteiger partial charge in [0, 0.05) is 6.54 Å². The Morgan fingerprint density at radius 3 is 2.59 bits per heavy atom. The summed E-state index contributed by atoms with van der Waals surface area (Å²) >= 11 is 6.06. The third-order valence-corrected chi connectivity index (χ3v) is 8.06. The van der Waals surface area contributed by atoms with E-state index < -0.39 is 27.7 Å². The highest BCUT2D eigenvalue weighted by atomic mass is 35.5. The number of hydrogen-bond acceptors (Lipinski definition) is 5. The van der Waals surface area contributed by atoms with Crippen LogP contribution in [0, 0.1) is 12.7 Å². The monoisotopic (exact) mass is 441 g/mol. The predicted octanol–water partition coefficient (Wildman–Crippen LogP) is 3.60. The fraction of sp³-hybridized carbons (Fsp3) is 0.474. The molecule has 0 spiro atoms. The summed E-state index contributed by atoms with van der Waals surface area (Å²) < 4.78 is 42.2. The molecular formula is C19H21ClFN3O4S. The van der Waals surface area contributed by atoms with Crippen LogP contribution in [0.5, 0.6) is 0 Å². The summed E-state index contributed by atoms with van der Waals surface area (Å²) in [6.07, 6.45) is 3.80.